The molecule has 0 aliphatic carbocycles. The van der Waals surface area contributed by atoms with Crippen molar-refractivity contribution in [2.75, 3.05) is 0 Å². The van der Waals surface area contributed by atoms with Gasteiger partial charge in [0.2, 0.25) is 0 Å². The van der Waals surface area contributed by atoms with E-state index in [-0.39, 0.29) is 5.41 Å². The van der Waals surface area contributed by atoms with Gasteiger partial charge in [0.1, 0.15) is 0 Å². The van der Waals surface area contributed by atoms with Crippen molar-refractivity contribution in [1.82, 2.24) is 0 Å². The molecule has 0 bridgehead atoms. The first-order chi connectivity index (χ1) is 7.35. The molecule has 0 heterocycles. The summed E-state index contributed by atoms with van der Waals surface area (Å²) in [5, 5.41) is 17.8. The van der Waals surface area contributed by atoms with Gasteiger partial charge in [0.05, 0.1) is 12.0 Å². The van der Waals surface area contributed by atoms with Crippen molar-refractivity contribution in [2.24, 2.45) is 11.3 Å². The molecular formula is C13H21NO2. The number of aliphatic carboxylic acids is 1. The number of carboxylic acids is 1. The molecule has 0 aliphatic rings. The fraction of sp³-hybridized carbons (Fsp3) is 0.692. The molecule has 0 rings (SSSR count). The highest BCUT2D eigenvalue weighted by molar-refractivity contribution is 5.70. The van der Waals surface area contributed by atoms with E-state index in [1.165, 1.54) is 0 Å². The van der Waals surface area contributed by atoms with E-state index in [0.29, 0.717) is 6.42 Å². The summed E-state index contributed by atoms with van der Waals surface area (Å²) in [7, 11) is 0. The molecule has 0 aromatic rings. The zero-order chi connectivity index (χ0) is 12.8. The molecule has 0 aromatic carbocycles. The second kappa shape index (κ2) is 6.32. The van der Waals surface area contributed by atoms with E-state index >= 15 is 0 Å². The van der Waals surface area contributed by atoms with E-state index in [0.717, 1.165) is 18.4 Å². The Morgan fingerprint density at radius 1 is 1.56 bits per heavy atom. The van der Waals surface area contributed by atoms with Gasteiger partial charge in [0, 0.05) is 5.57 Å². The highest BCUT2D eigenvalue weighted by atomic mass is 16.4. The standard InChI is InChI=1S/C13H21NO2/c1-5-6-11(9-14)7-8-13(3,4)10(2)12(15)16/h7,10H,5-6,8H2,1-4H3,(H,15,16)/b11-7+. The number of hydrogen-bond acceptors (Lipinski definition) is 2. The molecule has 90 valence electrons. The molecule has 0 spiro atoms. The molecule has 3 nitrogen and oxygen atoms in total. The summed E-state index contributed by atoms with van der Waals surface area (Å²) in [6, 6.07) is 2.16. The first-order valence-electron chi connectivity index (χ1n) is 5.67. The summed E-state index contributed by atoms with van der Waals surface area (Å²) in [5.41, 5.74) is 0.440. The van der Waals surface area contributed by atoms with Crippen LogP contribution in [0.1, 0.15) is 47.0 Å². The molecule has 16 heavy (non-hydrogen) atoms. The third kappa shape index (κ3) is 4.48. The predicted octanol–water partition coefficient (Wildman–Crippen LogP) is 3.37. The number of hydrogen-bond donors (Lipinski definition) is 1. The van der Waals surface area contributed by atoms with Crippen LogP contribution in [-0.2, 0) is 4.79 Å². The average molecular weight is 223 g/mol. The van der Waals surface area contributed by atoms with Crippen molar-refractivity contribution >= 4 is 5.97 Å². The maximum Gasteiger partial charge on any atom is 0.306 e. The summed E-state index contributed by atoms with van der Waals surface area (Å²) in [4.78, 5) is 10.9. The van der Waals surface area contributed by atoms with Crippen LogP contribution in [0.15, 0.2) is 11.6 Å². The van der Waals surface area contributed by atoms with Crippen LogP contribution in [0, 0.1) is 22.7 Å². The lowest BCUT2D eigenvalue weighted by Crippen LogP contribution is -2.28. The van der Waals surface area contributed by atoms with Crippen molar-refractivity contribution in [2.45, 2.75) is 47.0 Å². The van der Waals surface area contributed by atoms with Crippen molar-refractivity contribution in [3.8, 4) is 6.07 Å². The Morgan fingerprint density at radius 3 is 2.50 bits per heavy atom. The van der Waals surface area contributed by atoms with E-state index in [2.05, 4.69) is 6.07 Å². The van der Waals surface area contributed by atoms with Crippen LogP contribution in [-0.4, -0.2) is 11.1 Å². The number of carboxylic acid groups (broad SMARTS) is 1. The van der Waals surface area contributed by atoms with Crippen LogP contribution in [0.25, 0.3) is 0 Å². The Bertz CT molecular complexity index is 310. The second-order valence-electron chi connectivity index (χ2n) is 4.84. The first kappa shape index (κ1) is 14.7. The van der Waals surface area contributed by atoms with Gasteiger partial charge in [0.15, 0.2) is 0 Å². The number of rotatable bonds is 6. The van der Waals surface area contributed by atoms with Crippen LogP contribution < -0.4 is 0 Å². The molecule has 3 heteroatoms. The topological polar surface area (TPSA) is 61.1 Å². The van der Waals surface area contributed by atoms with Gasteiger partial charge in [-0.05, 0) is 18.3 Å². The highest BCUT2D eigenvalue weighted by Crippen LogP contribution is 2.31. The van der Waals surface area contributed by atoms with E-state index in [4.69, 9.17) is 10.4 Å². The summed E-state index contributed by atoms with van der Waals surface area (Å²) >= 11 is 0. The number of nitriles is 1. The number of allylic oxidation sites excluding steroid dienone is 2. The maximum absolute atomic E-state index is 10.9. The van der Waals surface area contributed by atoms with Gasteiger partial charge in [-0.1, -0.05) is 40.2 Å². The second-order valence-corrected chi connectivity index (χ2v) is 4.84. The van der Waals surface area contributed by atoms with E-state index in [1.54, 1.807) is 6.92 Å². The van der Waals surface area contributed by atoms with Crippen LogP contribution in [0.5, 0.6) is 0 Å². The average Bonchev–Trinajstić information content (AvgIpc) is 2.22. The molecular weight excluding hydrogens is 202 g/mol. The smallest absolute Gasteiger partial charge is 0.306 e. The highest BCUT2D eigenvalue weighted by Gasteiger charge is 2.30. The third-order valence-electron chi connectivity index (χ3n) is 3.08. The van der Waals surface area contributed by atoms with Gasteiger partial charge < -0.3 is 5.11 Å². The molecule has 1 atom stereocenters. The molecule has 0 saturated carbocycles. The van der Waals surface area contributed by atoms with Gasteiger partial charge in [0.25, 0.3) is 0 Å². The minimum absolute atomic E-state index is 0.318. The van der Waals surface area contributed by atoms with Crippen molar-refractivity contribution in [3.63, 3.8) is 0 Å². The van der Waals surface area contributed by atoms with Gasteiger partial charge in [-0.15, -0.1) is 0 Å². The number of nitrogens with zero attached hydrogens (tertiary/aromatic N) is 1. The van der Waals surface area contributed by atoms with Crippen molar-refractivity contribution in [3.05, 3.63) is 11.6 Å². The quantitative estimate of drug-likeness (QED) is 0.702. The molecule has 0 saturated heterocycles. The van der Waals surface area contributed by atoms with Crippen molar-refractivity contribution < 1.29 is 9.90 Å². The molecule has 0 aromatic heterocycles. The van der Waals surface area contributed by atoms with Gasteiger partial charge in [-0.3, -0.25) is 4.79 Å². The zero-order valence-corrected chi connectivity index (χ0v) is 10.6. The molecule has 0 radical (unpaired) electrons. The first-order valence-corrected chi connectivity index (χ1v) is 5.67. The summed E-state index contributed by atoms with van der Waals surface area (Å²) in [6.07, 6.45) is 4.22. The molecule has 0 aliphatic heterocycles. The van der Waals surface area contributed by atoms with Crippen LogP contribution in [0.2, 0.25) is 0 Å². The maximum atomic E-state index is 10.9. The lowest BCUT2D eigenvalue weighted by molar-refractivity contribution is -0.144. The van der Waals surface area contributed by atoms with Crippen LogP contribution in [0.3, 0.4) is 0 Å². The van der Waals surface area contributed by atoms with Gasteiger partial charge in [-0.25, -0.2) is 0 Å². The summed E-state index contributed by atoms with van der Waals surface area (Å²) in [6.45, 7) is 7.57. The van der Waals surface area contributed by atoms with Crippen LogP contribution >= 0.6 is 0 Å². The van der Waals surface area contributed by atoms with Gasteiger partial charge in [-0.2, -0.15) is 5.26 Å². The minimum Gasteiger partial charge on any atom is -0.481 e. The van der Waals surface area contributed by atoms with Crippen LogP contribution in [0.4, 0.5) is 0 Å². The monoisotopic (exact) mass is 223 g/mol. The lowest BCUT2D eigenvalue weighted by atomic mass is 9.77. The Morgan fingerprint density at radius 2 is 2.12 bits per heavy atom. The Hall–Kier alpha value is -1.30. The summed E-state index contributed by atoms with van der Waals surface area (Å²) < 4.78 is 0. The van der Waals surface area contributed by atoms with Crippen molar-refractivity contribution in [1.29, 1.82) is 5.26 Å². The zero-order valence-electron chi connectivity index (χ0n) is 10.6. The Kier molecular flexibility index (Phi) is 5.81. The number of carbonyl (C=O) groups is 1. The SMILES string of the molecule is CCC/C(C#N)=C\CC(C)(C)C(C)C(=O)O. The fourth-order valence-electron chi connectivity index (χ4n) is 1.37. The normalized spacial score (nSPS) is 14.3. The van der Waals surface area contributed by atoms with E-state index in [1.807, 2.05) is 26.8 Å². The summed E-state index contributed by atoms with van der Waals surface area (Å²) in [5.74, 6) is -1.20. The molecule has 0 fully saturated rings. The lowest BCUT2D eigenvalue weighted by Gasteiger charge is -2.27. The Labute approximate surface area is 97.8 Å². The van der Waals surface area contributed by atoms with E-state index in [9.17, 15) is 4.79 Å². The molecule has 1 N–H and O–H groups in total. The fourth-order valence-corrected chi connectivity index (χ4v) is 1.37. The third-order valence-corrected chi connectivity index (χ3v) is 3.08. The predicted molar refractivity (Wildman–Crippen MR) is 63.8 cm³/mol. The molecule has 1 unspecified atom stereocenters. The van der Waals surface area contributed by atoms with E-state index < -0.39 is 11.9 Å². The molecule has 0 amide bonds. The minimum atomic E-state index is -0.785. The largest absolute Gasteiger partial charge is 0.481 e. The van der Waals surface area contributed by atoms with Gasteiger partial charge >= 0.3 is 5.97 Å². The Balaban J connectivity index is 4.59.